The Morgan fingerprint density at radius 3 is 2.71 bits per heavy atom. The summed E-state index contributed by atoms with van der Waals surface area (Å²) >= 11 is 0. The Bertz CT molecular complexity index is 878. The molecule has 0 bridgehead atoms. The van der Waals surface area contributed by atoms with E-state index in [2.05, 4.69) is 10.3 Å². The van der Waals surface area contributed by atoms with Crippen LogP contribution in [0.1, 0.15) is 16.1 Å². The molecule has 0 aliphatic heterocycles. The maximum absolute atomic E-state index is 12.4. The SMILES string of the molecule is Cc1oc2ncn(C)c(=O)c2c1C(=O)Nc1ccccc1. The van der Waals surface area contributed by atoms with Crippen molar-refractivity contribution in [3.8, 4) is 0 Å². The second kappa shape index (κ2) is 4.90. The molecule has 6 heteroatoms. The quantitative estimate of drug-likeness (QED) is 0.781. The van der Waals surface area contributed by atoms with Crippen molar-refractivity contribution in [1.82, 2.24) is 9.55 Å². The summed E-state index contributed by atoms with van der Waals surface area (Å²) in [6.07, 6.45) is 1.37. The van der Waals surface area contributed by atoms with Crippen molar-refractivity contribution in [1.29, 1.82) is 0 Å². The zero-order chi connectivity index (χ0) is 15.0. The summed E-state index contributed by atoms with van der Waals surface area (Å²) in [5.41, 5.74) is 0.739. The Labute approximate surface area is 120 Å². The average Bonchev–Trinajstić information content (AvgIpc) is 2.81. The first-order chi connectivity index (χ1) is 10.1. The van der Waals surface area contributed by atoms with Crippen molar-refractivity contribution in [2.24, 2.45) is 7.05 Å². The minimum absolute atomic E-state index is 0.175. The van der Waals surface area contributed by atoms with E-state index in [1.165, 1.54) is 10.9 Å². The minimum Gasteiger partial charge on any atom is -0.442 e. The van der Waals surface area contributed by atoms with Crippen molar-refractivity contribution >= 4 is 22.7 Å². The molecule has 0 saturated carbocycles. The molecular formula is C15H13N3O3. The molecule has 6 nitrogen and oxygen atoms in total. The molecule has 2 heterocycles. The Morgan fingerprint density at radius 2 is 2.00 bits per heavy atom. The molecule has 3 rings (SSSR count). The molecule has 0 unspecified atom stereocenters. The fraction of sp³-hybridized carbons (Fsp3) is 0.133. The molecule has 2 aromatic heterocycles. The number of hydrogen-bond acceptors (Lipinski definition) is 4. The van der Waals surface area contributed by atoms with Gasteiger partial charge in [-0.1, -0.05) is 18.2 Å². The Hall–Kier alpha value is -2.89. The molecule has 1 N–H and O–H groups in total. The third-order valence-electron chi connectivity index (χ3n) is 3.21. The first-order valence-electron chi connectivity index (χ1n) is 6.39. The lowest BCUT2D eigenvalue weighted by Gasteiger charge is -2.04. The van der Waals surface area contributed by atoms with E-state index < -0.39 is 0 Å². The average molecular weight is 283 g/mol. The number of benzene rings is 1. The molecule has 3 aromatic rings. The van der Waals surface area contributed by atoms with Crippen molar-refractivity contribution in [2.75, 3.05) is 5.32 Å². The van der Waals surface area contributed by atoms with Crippen molar-refractivity contribution in [2.45, 2.75) is 6.92 Å². The molecule has 0 saturated heterocycles. The van der Waals surface area contributed by atoms with Crippen LogP contribution in [0.15, 0.2) is 45.9 Å². The summed E-state index contributed by atoms with van der Waals surface area (Å²) in [6, 6.07) is 9.03. The van der Waals surface area contributed by atoms with E-state index in [4.69, 9.17) is 4.42 Å². The Morgan fingerprint density at radius 1 is 1.29 bits per heavy atom. The zero-order valence-electron chi connectivity index (χ0n) is 11.6. The highest BCUT2D eigenvalue weighted by Gasteiger charge is 2.22. The van der Waals surface area contributed by atoms with Crippen LogP contribution in [-0.2, 0) is 7.05 Å². The van der Waals surface area contributed by atoms with Crippen LogP contribution in [0.4, 0.5) is 5.69 Å². The van der Waals surface area contributed by atoms with Gasteiger partial charge in [0.1, 0.15) is 17.5 Å². The second-order valence-corrected chi connectivity index (χ2v) is 4.69. The van der Waals surface area contributed by atoms with E-state index in [1.54, 1.807) is 26.1 Å². The van der Waals surface area contributed by atoms with Crippen molar-refractivity contribution < 1.29 is 9.21 Å². The van der Waals surface area contributed by atoms with E-state index in [1.807, 2.05) is 18.2 Å². The number of rotatable bonds is 2. The molecule has 106 valence electrons. The fourth-order valence-electron chi connectivity index (χ4n) is 2.18. The summed E-state index contributed by atoms with van der Waals surface area (Å²) < 4.78 is 6.72. The first kappa shape index (κ1) is 13.1. The topological polar surface area (TPSA) is 77.1 Å². The predicted octanol–water partition coefficient (Wildman–Crippen LogP) is 2.09. The van der Waals surface area contributed by atoms with Crippen LogP contribution in [0, 0.1) is 6.92 Å². The van der Waals surface area contributed by atoms with Crippen LogP contribution < -0.4 is 10.9 Å². The molecule has 0 radical (unpaired) electrons. The van der Waals surface area contributed by atoms with Gasteiger partial charge in [-0.3, -0.25) is 9.59 Å². The molecule has 0 atom stereocenters. The van der Waals surface area contributed by atoms with Gasteiger partial charge in [0.25, 0.3) is 11.5 Å². The lowest BCUT2D eigenvalue weighted by atomic mass is 10.1. The number of carbonyl (C=O) groups excluding carboxylic acids is 1. The van der Waals surface area contributed by atoms with Crippen LogP contribution in [0.3, 0.4) is 0 Å². The van der Waals surface area contributed by atoms with E-state index in [9.17, 15) is 9.59 Å². The Balaban J connectivity index is 2.12. The number of amides is 1. The number of aryl methyl sites for hydroxylation is 2. The van der Waals surface area contributed by atoms with Gasteiger partial charge >= 0.3 is 0 Å². The summed E-state index contributed by atoms with van der Waals surface area (Å²) in [7, 11) is 1.58. The monoisotopic (exact) mass is 283 g/mol. The molecule has 0 aliphatic rings. The number of aromatic nitrogens is 2. The van der Waals surface area contributed by atoms with Crippen molar-refractivity contribution in [3.05, 3.63) is 58.3 Å². The van der Waals surface area contributed by atoms with Crippen LogP contribution in [0.2, 0.25) is 0 Å². The van der Waals surface area contributed by atoms with Gasteiger partial charge in [0.15, 0.2) is 0 Å². The highest BCUT2D eigenvalue weighted by molar-refractivity contribution is 6.12. The van der Waals surface area contributed by atoms with Crippen LogP contribution in [0.5, 0.6) is 0 Å². The van der Waals surface area contributed by atoms with E-state index in [-0.39, 0.29) is 28.1 Å². The van der Waals surface area contributed by atoms with Gasteiger partial charge < -0.3 is 14.3 Å². The van der Waals surface area contributed by atoms with Gasteiger partial charge in [0, 0.05) is 12.7 Å². The maximum Gasteiger partial charge on any atom is 0.265 e. The normalized spacial score (nSPS) is 10.8. The van der Waals surface area contributed by atoms with Gasteiger partial charge in [-0.05, 0) is 19.1 Å². The predicted molar refractivity (Wildman–Crippen MR) is 78.4 cm³/mol. The number of fused-ring (bicyclic) bond motifs is 1. The van der Waals surface area contributed by atoms with Crippen LogP contribution in [0.25, 0.3) is 11.1 Å². The molecule has 1 aromatic carbocycles. The smallest absolute Gasteiger partial charge is 0.265 e. The van der Waals surface area contributed by atoms with Crippen LogP contribution >= 0.6 is 0 Å². The summed E-state index contributed by atoms with van der Waals surface area (Å²) in [5, 5.41) is 2.95. The van der Waals surface area contributed by atoms with Gasteiger partial charge in [-0.25, -0.2) is 4.98 Å². The molecule has 21 heavy (non-hydrogen) atoms. The number of para-hydroxylation sites is 1. The number of nitrogens with one attached hydrogen (secondary N) is 1. The number of hydrogen-bond donors (Lipinski definition) is 1. The van der Waals surface area contributed by atoms with E-state index in [0.29, 0.717) is 11.4 Å². The van der Waals surface area contributed by atoms with Gasteiger partial charge in [0.2, 0.25) is 5.71 Å². The standard InChI is InChI=1S/C15H13N3O3/c1-9-11(13(19)17-10-6-4-3-5-7-10)12-14(21-9)16-8-18(2)15(12)20/h3-8H,1-2H3,(H,17,19). The third-order valence-corrected chi connectivity index (χ3v) is 3.21. The number of furan rings is 1. The number of anilines is 1. The number of carbonyl (C=O) groups is 1. The van der Waals surface area contributed by atoms with Gasteiger partial charge in [-0.15, -0.1) is 0 Å². The van der Waals surface area contributed by atoms with Gasteiger partial charge in [-0.2, -0.15) is 0 Å². The maximum atomic E-state index is 12.4. The first-order valence-corrected chi connectivity index (χ1v) is 6.39. The summed E-state index contributed by atoms with van der Waals surface area (Å²) in [5.74, 6) is -0.0169. The fourth-order valence-corrected chi connectivity index (χ4v) is 2.18. The minimum atomic E-state index is -0.387. The Kier molecular flexibility index (Phi) is 3.06. The third kappa shape index (κ3) is 2.20. The largest absolute Gasteiger partial charge is 0.442 e. The van der Waals surface area contributed by atoms with E-state index in [0.717, 1.165) is 0 Å². The van der Waals surface area contributed by atoms with Crippen LogP contribution in [-0.4, -0.2) is 15.5 Å². The summed E-state index contributed by atoms with van der Waals surface area (Å²) in [4.78, 5) is 28.7. The highest BCUT2D eigenvalue weighted by atomic mass is 16.3. The van der Waals surface area contributed by atoms with Gasteiger partial charge in [0.05, 0.1) is 5.56 Å². The molecule has 0 fully saturated rings. The lowest BCUT2D eigenvalue weighted by Crippen LogP contribution is -2.20. The lowest BCUT2D eigenvalue weighted by molar-refractivity contribution is 0.102. The second-order valence-electron chi connectivity index (χ2n) is 4.69. The molecule has 1 amide bonds. The van der Waals surface area contributed by atoms with E-state index >= 15 is 0 Å². The highest BCUT2D eigenvalue weighted by Crippen LogP contribution is 2.22. The molecule has 0 spiro atoms. The molecular weight excluding hydrogens is 270 g/mol. The van der Waals surface area contributed by atoms with Crippen molar-refractivity contribution in [3.63, 3.8) is 0 Å². The summed E-state index contributed by atoms with van der Waals surface area (Å²) in [6.45, 7) is 1.64. The number of nitrogens with zero attached hydrogens (tertiary/aromatic N) is 2. The zero-order valence-corrected chi connectivity index (χ0v) is 11.6. The molecule has 0 aliphatic carbocycles.